The van der Waals surface area contributed by atoms with Crippen molar-refractivity contribution in [1.82, 2.24) is 25.2 Å². The highest BCUT2D eigenvalue weighted by Gasteiger charge is 2.06. The number of aromatic carboxylic acids is 1. The zero-order valence-corrected chi connectivity index (χ0v) is 12.2. The monoisotopic (exact) mass is 309 g/mol. The molecule has 9 heteroatoms. The molecule has 2 aromatic heterocycles. The molecule has 0 unspecified atom stereocenters. The van der Waals surface area contributed by atoms with Crippen molar-refractivity contribution in [3.8, 4) is 0 Å². The Kier molecular flexibility index (Phi) is 4.88. The molecule has 112 valence electrons. The Balaban J connectivity index is 1.67. The number of nitrogens with one attached hydrogen (secondary N) is 2. The highest BCUT2D eigenvalue weighted by molar-refractivity contribution is 7.11. The van der Waals surface area contributed by atoms with Crippen molar-refractivity contribution in [2.24, 2.45) is 0 Å². The Morgan fingerprint density at radius 1 is 1.38 bits per heavy atom. The van der Waals surface area contributed by atoms with E-state index in [1.807, 2.05) is 6.92 Å². The van der Waals surface area contributed by atoms with E-state index in [0.29, 0.717) is 19.6 Å². The summed E-state index contributed by atoms with van der Waals surface area (Å²) in [7, 11) is 0. The molecule has 2 amide bonds. The average Bonchev–Trinajstić information content (AvgIpc) is 3.05. The summed E-state index contributed by atoms with van der Waals surface area (Å²) in [6, 6.07) is -0.290. The molecule has 2 heterocycles. The van der Waals surface area contributed by atoms with Crippen LogP contribution in [0.2, 0.25) is 0 Å². The van der Waals surface area contributed by atoms with Gasteiger partial charge in [0.15, 0.2) is 5.69 Å². The van der Waals surface area contributed by atoms with Crippen molar-refractivity contribution in [2.45, 2.75) is 20.0 Å². The number of urea groups is 1. The lowest BCUT2D eigenvalue weighted by atomic mass is 10.5. The molecule has 0 saturated carbocycles. The fourth-order valence-corrected chi connectivity index (χ4v) is 2.32. The number of carbonyl (C=O) groups excluding carboxylic acids is 1. The first-order chi connectivity index (χ1) is 10.0. The molecule has 0 aliphatic carbocycles. The van der Waals surface area contributed by atoms with Gasteiger partial charge in [0.05, 0.1) is 12.9 Å². The number of amides is 2. The number of hydrogen-bond acceptors (Lipinski definition) is 5. The molecule has 0 atom stereocenters. The molecule has 2 aromatic rings. The number of aromatic nitrogens is 3. The Hall–Kier alpha value is -2.42. The molecule has 0 aliphatic heterocycles. The van der Waals surface area contributed by atoms with Crippen LogP contribution in [-0.2, 0) is 13.1 Å². The number of nitrogens with zero attached hydrogens (tertiary/aromatic N) is 3. The molecular weight excluding hydrogens is 294 g/mol. The number of carbonyl (C=O) groups is 2. The number of aryl methyl sites for hydroxylation is 1. The third-order valence-corrected chi connectivity index (χ3v) is 3.49. The van der Waals surface area contributed by atoms with E-state index in [2.05, 4.69) is 20.6 Å². The van der Waals surface area contributed by atoms with E-state index in [-0.39, 0.29) is 11.7 Å². The molecule has 0 saturated heterocycles. The quantitative estimate of drug-likeness (QED) is 0.733. The van der Waals surface area contributed by atoms with Crippen LogP contribution >= 0.6 is 11.3 Å². The zero-order chi connectivity index (χ0) is 15.2. The van der Waals surface area contributed by atoms with Gasteiger partial charge < -0.3 is 20.3 Å². The lowest BCUT2D eigenvalue weighted by Crippen LogP contribution is -2.36. The number of carboxylic acid groups (broad SMARTS) is 1. The van der Waals surface area contributed by atoms with E-state index < -0.39 is 5.97 Å². The summed E-state index contributed by atoms with van der Waals surface area (Å²) in [6.45, 7) is 3.17. The van der Waals surface area contributed by atoms with Crippen LogP contribution in [0.1, 0.15) is 20.4 Å². The Labute approximate surface area is 124 Å². The molecular formula is C12H15N5O3S. The van der Waals surface area contributed by atoms with Crippen molar-refractivity contribution in [2.75, 3.05) is 6.54 Å². The largest absolute Gasteiger partial charge is 0.476 e. The lowest BCUT2D eigenvalue weighted by Gasteiger charge is -2.06. The van der Waals surface area contributed by atoms with Gasteiger partial charge in [-0.1, -0.05) is 0 Å². The highest BCUT2D eigenvalue weighted by Crippen LogP contribution is 2.10. The number of imidazole rings is 1. The van der Waals surface area contributed by atoms with E-state index >= 15 is 0 Å². The minimum Gasteiger partial charge on any atom is -0.476 e. The van der Waals surface area contributed by atoms with Crippen LogP contribution in [0.15, 0.2) is 18.7 Å². The predicted octanol–water partition coefficient (Wildman–Crippen LogP) is 0.846. The van der Waals surface area contributed by atoms with Gasteiger partial charge in [0.25, 0.3) is 0 Å². The van der Waals surface area contributed by atoms with Gasteiger partial charge in [0.1, 0.15) is 5.01 Å². The molecule has 21 heavy (non-hydrogen) atoms. The van der Waals surface area contributed by atoms with Crippen molar-refractivity contribution in [3.05, 3.63) is 34.3 Å². The minimum atomic E-state index is -1.07. The molecule has 8 nitrogen and oxygen atoms in total. The maximum absolute atomic E-state index is 11.6. The van der Waals surface area contributed by atoms with Gasteiger partial charge in [-0.2, -0.15) is 0 Å². The van der Waals surface area contributed by atoms with Crippen molar-refractivity contribution in [1.29, 1.82) is 0 Å². The highest BCUT2D eigenvalue weighted by atomic mass is 32.1. The van der Waals surface area contributed by atoms with E-state index in [0.717, 1.165) is 9.88 Å². The molecule has 3 N–H and O–H groups in total. The smallest absolute Gasteiger partial charge is 0.356 e. The second-order valence-corrected chi connectivity index (χ2v) is 5.60. The van der Waals surface area contributed by atoms with Crippen molar-refractivity contribution < 1.29 is 14.7 Å². The molecule has 2 rings (SSSR count). The van der Waals surface area contributed by atoms with Gasteiger partial charge in [0, 0.05) is 30.4 Å². The second kappa shape index (κ2) is 6.84. The zero-order valence-electron chi connectivity index (χ0n) is 11.4. The maximum atomic E-state index is 11.6. The normalized spacial score (nSPS) is 10.3. The van der Waals surface area contributed by atoms with Gasteiger partial charge in [0.2, 0.25) is 0 Å². The first-order valence-electron chi connectivity index (χ1n) is 6.22. The summed E-state index contributed by atoms with van der Waals surface area (Å²) in [6.07, 6.45) is 4.60. The average molecular weight is 309 g/mol. The summed E-state index contributed by atoms with van der Waals surface area (Å²) in [4.78, 5) is 31.2. The third-order valence-electron chi connectivity index (χ3n) is 2.58. The number of hydrogen-bond donors (Lipinski definition) is 3. The Bertz CT molecular complexity index is 636. The Morgan fingerprint density at radius 3 is 2.81 bits per heavy atom. The van der Waals surface area contributed by atoms with Gasteiger partial charge in [-0.3, -0.25) is 0 Å². The summed E-state index contributed by atoms with van der Waals surface area (Å²) < 4.78 is 1.61. The van der Waals surface area contributed by atoms with Crippen molar-refractivity contribution >= 4 is 23.3 Å². The molecule has 0 aromatic carbocycles. The van der Waals surface area contributed by atoms with E-state index in [4.69, 9.17) is 5.11 Å². The van der Waals surface area contributed by atoms with Crippen molar-refractivity contribution in [3.63, 3.8) is 0 Å². The van der Waals surface area contributed by atoms with Crippen LogP contribution in [0.4, 0.5) is 4.79 Å². The van der Waals surface area contributed by atoms with Gasteiger partial charge in [-0.05, 0) is 6.92 Å². The van der Waals surface area contributed by atoms with Crippen LogP contribution in [0.25, 0.3) is 0 Å². The van der Waals surface area contributed by atoms with Gasteiger partial charge in [-0.25, -0.2) is 19.6 Å². The molecule has 0 radical (unpaired) electrons. The van der Waals surface area contributed by atoms with Crippen LogP contribution in [0, 0.1) is 6.92 Å². The topological polar surface area (TPSA) is 109 Å². The summed E-state index contributed by atoms with van der Waals surface area (Å²) in [5, 5.41) is 15.0. The number of thiazole rings is 1. The number of rotatable bonds is 6. The Morgan fingerprint density at radius 2 is 2.19 bits per heavy atom. The fraction of sp³-hybridized carbons (Fsp3) is 0.333. The van der Waals surface area contributed by atoms with Crippen LogP contribution in [0.5, 0.6) is 0 Å². The van der Waals surface area contributed by atoms with E-state index in [1.54, 1.807) is 10.8 Å². The van der Waals surface area contributed by atoms with E-state index in [1.165, 1.54) is 23.9 Å². The lowest BCUT2D eigenvalue weighted by molar-refractivity contribution is 0.0691. The standard InChI is InChI=1S/C12H15N5O3S/c1-8-4-14-10(21-8)5-15-12(20)13-2-3-17-6-9(11(18)19)16-7-17/h4,6-7H,2-3,5H2,1H3,(H,18,19)(H2,13,15,20). The number of carboxylic acids is 1. The second-order valence-electron chi connectivity index (χ2n) is 4.28. The summed E-state index contributed by atoms with van der Waals surface area (Å²) >= 11 is 1.53. The molecule has 0 spiro atoms. The third kappa shape index (κ3) is 4.56. The molecule has 0 fully saturated rings. The predicted molar refractivity (Wildman–Crippen MR) is 76.3 cm³/mol. The van der Waals surface area contributed by atoms with Crippen LogP contribution in [-0.4, -0.2) is 38.2 Å². The summed E-state index contributed by atoms with van der Waals surface area (Å²) in [5.74, 6) is -1.07. The van der Waals surface area contributed by atoms with Gasteiger partial charge in [-0.15, -0.1) is 11.3 Å². The SMILES string of the molecule is Cc1cnc(CNC(=O)NCCn2cnc(C(=O)O)c2)s1. The first-order valence-corrected chi connectivity index (χ1v) is 7.04. The van der Waals surface area contributed by atoms with Gasteiger partial charge >= 0.3 is 12.0 Å². The fourth-order valence-electron chi connectivity index (χ4n) is 1.59. The van der Waals surface area contributed by atoms with Crippen LogP contribution in [0.3, 0.4) is 0 Å². The molecule has 0 aliphatic rings. The van der Waals surface area contributed by atoms with Crippen LogP contribution < -0.4 is 10.6 Å². The maximum Gasteiger partial charge on any atom is 0.356 e. The molecule has 0 bridgehead atoms. The first kappa shape index (κ1) is 15.0. The summed E-state index contributed by atoms with van der Waals surface area (Å²) in [5.41, 5.74) is -0.0152. The minimum absolute atomic E-state index is 0.0152. The van der Waals surface area contributed by atoms with E-state index in [9.17, 15) is 9.59 Å².